The molecule has 4 atom stereocenters. The molecule has 106 valence electrons. The van der Waals surface area contributed by atoms with Gasteiger partial charge < -0.3 is 5.11 Å². The summed E-state index contributed by atoms with van der Waals surface area (Å²) in [6, 6.07) is 0. The summed E-state index contributed by atoms with van der Waals surface area (Å²) in [5.41, 5.74) is -1.14. The van der Waals surface area contributed by atoms with Crippen LogP contribution in [0.3, 0.4) is 0 Å². The van der Waals surface area contributed by atoms with E-state index < -0.39 is 11.4 Å². The van der Waals surface area contributed by atoms with Gasteiger partial charge in [0.1, 0.15) is 11.2 Å². The molecule has 2 aliphatic rings. The topological polar surface area (TPSA) is 54.4 Å². The Bertz CT molecular complexity index is 383. The molecule has 2 fully saturated rings. The first-order chi connectivity index (χ1) is 9.02. The van der Waals surface area contributed by atoms with E-state index in [0.717, 1.165) is 19.3 Å². The van der Waals surface area contributed by atoms with Crippen LogP contribution < -0.4 is 0 Å². The summed E-state index contributed by atoms with van der Waals surface area (Å²) < 4.78 is 0. The van der Waals surface area contributed by atoms with Gasteiger partial charge in [0.25, 0.3) is 0 Å². The number of hydrogen-bond donors (Lipinski definition) is 1. The Balaban J connectivity index is 2.26. The standard InChI is InChI=1S/C16H24O3/c1-3-4-5-8-16(11(2)17,15(18)19)14-10-12-6-7-13(14)9-12/h3-4,12-14H,5-10H2,1-2H3,(H,18,19)/b4-3-/t12-,13+,14+,16?/m0/s1. The van der Waals surface area contributed by atoms with E-state index in [-0.39, 0.29) is 11.7 Å². The number of aliphatic carboxylic acids is 1. The normalized spacial score (nSPS) is 32.6. The fourth-order valence-corrected chi connectivity index (χ4v) is 4.36. The Morgan fingerprint density at radius 3 is 2.47 bits per heavy atom. The lowest BCUT2D eigenvalue weighted by molar-refractivity contribution is -0.160. The zero-order chi connectivity index (χ0) is 14.0. The van der Waals surface area contributed by atoms with E-state index in [1.165, 1.54) is 13.3 Å². The molecule has 19 heavy (non-hydrogen) atoms. The third-order valence-electron chi connectivity index (χ3n) is 5.32. The number of carbonyl (C=O) groups excluding carboxylic acids is 1. The monoisotopic (exact) mass is 264 g/mol. The molecule has 0 heterocycles. The maximum Gasteiger partial charge on any atom is 0.317 e. The van der Waals surface area contributed by atoms with Gasteiger partial charge in [0.15, 0.2) is 0 Å². The number of fused-ring (bicyclic) bond motifs is 2. The first kappa shape index (κ1) is 14.3. The van der Waals surface area contributed by atoms with Crippen LogP contribution in [0.15, 0.2) is 12.2 Å². The van der Waals surface area contributed by atoms with E-state index in [1.807, 2.05) is 19.1 Å². The Kier molecular flexibility index (Phi) is 4.12. The number of Topliss-reactive ketones (excluding diaryl/α,β-unsaturated/α-hetero) is 1. The minimum Gasteiger partial charge on any atom is -0.480 e. The van der Waals surface area contributed by atoms with Crippen molar-refractivity contribution in [3.63, 3.8) is 0 Å². The third kappa shape index (κ3) is 2.35. The van der Waals surface area contributed by atoms with E-state index in [1.54, 1.807) is 0 Å². The maximum absolute atomic E-state index is 12.2. The van der Waals surface area contributed by atoms with E-state index >= 15 is 0 Å². The third-order valence-corrected chi connectivity index (χ3v) is 5.32. The highest BCUT2D eigenvalue weighted by Gasteiger charge is 2.56. The lowest BCUT2D eigenvalue weighted by Gasteiger charge is -2.37. The predicted octanol–water partition coefficient (Wildman–Crippen LogP) is 3.44. The highest BCUT2D eigenvalue weighted by molar-refractivity contribution is 6.02. The van der Waals surface area contributed by atoms with E-state index in [4.69, 9.17) is 0 Å². The number of carboxylic acid groups (broad SMARTS) is 1. The van der Waals surface area contributed by atoms with Gasteiger partial charge in [-0.2, -0.15) is 0 Å². The zero-order valence-electron chi connectivity index (χ0n) is 11.9. The number of carboxylic acids is 1. The van der Waals surface area contributed by atoms with Crippen LogP contribution >= 0.6 is 0 Å². The second-order valence-electron chi connectivity index (χ2n) is 6.22. The molecule has 0 aliphatic heterocycles. The van der Waals surface area contributed by atoms with Gasteiger partial charge in [-0.05, 0) is 63.7 Å². The Morgan fingerprint density at radius 2 is 2.05 bits per heavy atom. The molecule has 0 aromatic heterocycles. The van der Waals surface area contributed by atoms with E-state index in [2.05, 4.69) is 0 Å². The van der Waals surface area contributed by atoms with Gasteiger partial charge in [-0.15, -0.1) is 0 Å². The fourth-order valence-electron chi connectivity index (χ4n) is 4.36. The van der Waals surface area contributed by atoms with Crippen molar-refractivity contribution in [3.8, 4) is 0 Å². The van der Waals surface area contributed by atoms with Crippen molar-refractivity contribution >= 4 is 11.8 Å². The van der Waals surface area contributed by atoms with Crippen LogP contribution in [-0.2, 0) is 9.59 Å². The van der Waals surface area contributed by atoms with E-state index in [9.17, 15) is 14.7 Å². The van der Waals surface area contributed by atoms with Gasteiger partial charge >= 0.3 is 5.97 Å². The fraction of sp³-hybridized carbons (Fsp3) is 0.750. The molecule has 2 saturated carbocycles. The first-order valence-corrected chi connectivity index (χ1v) is 7.38. The number of hydrogen-bond acceptors (Lipinski definition) is 2. The van der Waals surface area contributed by atoms with Crippen LogP contribution in [0.5, 0.6) is 0 Å². The van der Waals surface area contributed by atoms with Crippen molar-refractivity contribution < 1.29 is 14.7 Å². The molecule has 2 bridgehead atoms. The van der Waals surface area contributed by atoms with Crippen LogP contribution in [0.2, 0.25) is 0 Å². The Hall–Kier alpha value is -1.12. The summed E-state index contributed by atoms with van der Waals surface area (Å²) >= 11 is 0. The number of ketones is 1. The molecule has 2 rings (SSSR count). The first-order valence-electron chi connectivity index (χ1n) is 7.38. The number of rotatable bonds is 6. The summed E-state index contributed by atoms with van der Waals surface area (Å²) in [5, 5.41) is 9.74. The van der Waals surface area contributed by atoms with Crippen molar-refractivity contribution in [2.75, 3.05) is 0 Å². The molecule has 2 aliphatic carbocycles. The van der Waals surface area contributed by atoms with E-state index in [0.29, 0.717) is 24.7 Å². The van der Waals surface area contributed by atoms with Crippen molar-refractivity contribution in [1.29, 1.82) is 0 Å². The molecule has 0 saturated heterocycles. The molecule has 3 heteroatoms. The van der Waals surface area contributed by atoms with Crippen LogP contribution in [0.25, 0.3) is 0 Å². The Morgan fingerprint density at radius 1 is 1.32 bits per heavy atom. The lowest BCUT2D eigenvalue weighted by Crippen LogP contribution is -2.46. The quantitative estimate of drug-likeness (QED) is 0.590. The van der Waals surface area contributed by atoms with Crippen LogP contribution in [-0.4, -0.2) is 16.9 Å². The van der Waals surface area contributed by atoms with Crippen LogP contribution in [0.1, 0.15) is 52.4 Å². The average Bonchev–Trinajstić information content (AvgIpc) is 2.96. The number of carbonyl (C=O) groups is 2. The molecule has 0 aromatic rings. The summed E-state index contributed by atoms with van der Waals surface area (Å²) in [6.45, 7) is 3.39. The average molecular weight is 264 g/mol. The van der Waals surface area contributed by atoms with Gasteiger partial charge in [-0.3, -0.25) is 9.59 Å². The second kappa shape index (κ2) is 5.48. The van der Waals surface area contributed by atoms with Crippen molar-refractivity contribution in [1.82, 2.24) is 0 Å². The summed E-state index contributed by atoms with van der Waals surface area (Å²) in [4.78, 5) is 24.0. The maximum atomic E-state index is 12.2. The molecular weight excluding hydrogens is 240 g/mol. The molecular formula is C16H24O3. The van der Waals surface area contributed by atoms with Crippen LogP contribution in [0, 0.1) is 23.2 Å². The van der Waals surface area contributed by atoms with Gasteiger partial charge in [-0.25, -0.2) is 0 Å². The zero-order valence-corrected chi connectivity index (χ0v) is 11.9. The highest BCUT2D eigenvalue weighted by atomic mass is 16.4. The summed E-state index contributed by atoms with van der Waals surface area (Å²) in [5.74, 6) is 0.126. The van der Waals surface area contributed by atoms with Crippen molar-refractivity contribution in [2.45, 2.75) is 52.4 Å². The summed E-state index contributed by atoms with van der Waals surface area (Å²) in [6.07, 6.45) is 9.43. The molecule has 3 nitrogen and oxygen atoms in total. The van der Waals surface area contributed by atoms with Crippen LogP contribution in [0.4, 0.5) is 0 Å². The van der Waals surface area contributed by atoms with Crippen molar-refractivity contribution in [2.24, 2.45) is 23.2 Å². The molecule has 1 unspecified atom stereocenters. The molecule has 1 N–H and O–H groups in total. The van der Waals surface area contributed by atoms with Gasteiger partial charge in [0.2, 0.25) is 0 Å². The van der Waals surface area contributed by atoms with Gasteiger partial charge in [0.05, 0.1) is 0 Å². The molecule has 0 aromatic carbocycles. The Labute approximate surface area is 115 Å². The van der Waals surface area contributed by atoms with Gasteiger partial charge in [0, 0.05) is 0 Å². The largest absolute Gasteiger partial charge is 0.480 e. The second-order valence-corrected chi connectivity index (χ2v) is 6.22. The smallest absolute Gasteiger partial charge is 0.317 e. The minimum atomic E-state index is -1.14. The molecule has 0 spiro atoms. The molecule has 0 radical (unpaired) electrons. The van der Waals surface area contributed by atoms with Gasteiger partial charge in [-0.1, -0.05) is 18.6 Å². The lowest BCUT2D eigenvalue weighted by atomic mass is 9.63. The van der Waals surface area contributed by atoms with Crippen molar-refractivity contribution in [3.05, 3.63) is 12.2 Å². The molecule has 0 amide bonds. The highest BCUT2D eigenvalue weighted by Crippen LogP contribution is 2.56. The SMILES string of the molecule is C/C=C\CCC(C(C)=O)(C(=O)O)[C@@H]1C[C@H]2CC[C@@H]1C2. The minimum absolute atomic E-state index is 0.0616. The number of allylic oxidation sites excluding steroid dienone is 2. The predicted molar refractivity (Wildman–Crippen MR) is 73.7 cm³/mol. The summed E-state index contributed by atoms with van der Waals surface area (Å²) in [7, 11) is 0.